The first-order valence-electron chi connectivity index (χ1n) is 6.07. The lowest BCUT2D eigenvalue weighted by Crippen LogP contribution is -2.48. The third kappa shape index (κ3) is 3.28. The number of nitrogens with one attached hydrogen (secondary N) is 1. The molecule has 0 radical (unpaired) electrons. The summed E-state index contributed by atoms with van der Waals surface area (Å²) in [6.07, 6.45) is 4.47. The number of amides is 2. The highest BCUT2D eigenvalue weighted by Gasteiger charge is 2.33. The van der Waals surface area contributed by atoms with E-state index in [-0.39, 0.29) is 12.6 Å². The predicted molar refractivity (Wildman–Crippen MR) is 65.7 cm³/mol. The molecule has 1 aliphatic heterocycles. The summed E-state index contributed by atoms with van der Waals surface area (Å²) in [5.74, 6) is 2.25. The fourth-order valence-electron chi connectivity index (χ4n) is 2.06. The van der Waals surface area contributed by atoms with E-state index in [0.717, 1.165) is 25.0 Å². The lowest BCUT2D eigenvalue weighted by atomic mass is 10.2. The summed E-state index contributed by atoms with van der Waals surface area (Å²) < 4.78 is 0. The highest BCUT2D eigenvalue weighted by Crippen LogP contribution is 2.27. The van der Waals surface area contributed by atoms with Crippen LogP contribution >= 0.6 is 11.8 Å². The molecule has 0 aromatic heterocycles. The van der Waals surface area contributed by atoms with Gasteiger partial charge in [0, 0.05) is 24.4 Å². The van der Waals surface area contributed by atoms with Crippen molar-refractivity contribution < 1.29 is 9.90 Å². The van der Waals surface area contributed by atoms with Gasteiger partial charge in [-0.15, -0.1) is 0 Å². The first-order valence-corrected chi connectivity index (χ1v) is 7.22. The number of nitrogens with zero attached hydrogens (tertiary/aromatic N) is 1. The van der Waals surface area contributed by atoms with Crippen LogP contribution in [-0.2, 0) is 0 Å². The van der Waals surface area contributed by atoms with E-state index >= 15 is 0 Å². The van der Waals surface area contributed by atoms with Crippen LogP contribution in [0.2, 0.25) is 0 Å². The van der Waals surface area contributed by atoms with Crippen molar-refractivity contribution in [3.8, 4) is 0 Å². The smallest absolute Gasteiger partial charge is 0.317 e. The average molecular weight is 244 g/mol. The van der Waals surface area contributed by atoms with Crippen molar-refractivity contribution in [2.24, 2.45) is 0 Å². The zero-order valence-electron chi connectivity index (χ0n) is 9.52. The van der Waals surface area contributed by atoms with Crippen molar-refractivity contribution in [3.05, 3.63) is 0 Å². The van der Waals surface area contributed by atoms with E-state index in [9.17, 15) is 4.79 Å². The number of hydrogen-bond acceptors (Lipinski definition) is 3. The first-order chi connectivity index (χ1) is 7.81. The van der Waals surface area contributed by atoms with Gasteiger partial charge in [-0.3, -0.25) is 0 Å². The van der Waals surface area contributed by atoms with Gasteiger partial charge in [-0.05, 0) is 31.4 Å². The average Bonchev–Trinajstić information content (AvgIpc) is 3.11. The Morgan fingerprint density at radius 2 is 2.25 bits per heavy atom. The van der Waals surface area contributed by atoms with Crippen molar-refractivity contribution in [3.63, 3.8) is 0 Å². The van der Waals surface area contributed by atoms with Crippen molar-refractivity contribution in [1.29, 1.82) is 0 Å². The second kappa shape index (κ2) is 5.77. The normalized spacial score (nSPS) is 25.2. The molecule has 0 aromatic carbocycles. The Kier molecular flexibility index (Phi) is 4.35. The van der Waals surface area contributed by atoms with Crippen LogP contribution in [0.15, 0.2) is 0 Å². The largest absolute Gasteiger partial charge is 0.395 e. The lowest BCUT2D eigenvalue weighted by molar-refractivity contribution is 0.170. The molecule has 4 nitrogen and oxygen atoms in total. The first kappa shape index (κ1) is 12.0. The Hall–Kier alpha value is -0.420. The third-order valence-corrected chi connectivity index (χ3v) is 4.29. The summed E-state index contributed by atoms with van der Waals surface area (Å²) in [5.41, 5.74) is 0. The summed E-state index contributed by atoms with van der Waals surface area (Å²) in [7, 11) is 0. The summed E-state index contributed by atoms with van der Waals surface area (Å²) in [5, 5.41) is 12.0. The zero-order chi connectivity index (χ0) is 11.4. The molecule has 0 spiro atoms. The molecule has 1 saturated carbocycles. The maximum atomic E-state index is 12.0. The molecular weight excluding hydrogens is 224 g/mol. The molecule has 0 unspecified atom stereocenters. The Morgan fingerprint density at radius 3 is 2.81 bits per heavy atom. The fraction of sp³-hybridized carbons (Fsp3) is 0.909. The second-order valence-corrected chi connectivity index (χ2v) is 5.66. The molecule has 1 saturated heterocycles. The van der Waals surface area contributed by atoms with E-state index in [1.807, 2.05) is 11.8 Å². The van der Waals surface area contributed by atoms with Gasteiger partial charge in [0.2, 0.25) is 0 Å². The molecule has 1 atom stereocenters. The van der Waals surface area contributed by atoms with E-state index in [0.29, 0.717) is 18.6 Å². The van der Waals surface area contributed by atoms with Crippen LogP contribution in [0, 0.1) is 0 Å². The maximum Gasteiger partial charge on any atom is 0.317 e. The zero-order valence-corrected chi connectivity index (χ0v) is 10.3. The van der Waals surface area contributed by atoms with Gasteiger partial charge in [0.1, 0.15) is 0 Å². The van der Waals surface area contributed by atoms with Crippen LogP contribution in [0.1, 0.15) is 25.7 Å². The van der Waals surface area contributed by atoms with E-state index in [1.54, 1.807) is 4.90 Å². The van der Waals surface area contributed by atoms with Gasteiger partial charge < -0.3 is 15.3 Å². The number of rotatable bonds is 4. The van der Waals surface area contributed by atoms with Crippen LogP contribution in [0.5, 0.6) is 0 Å². The van der Waals surface area contributed by atoms with Crippen LogP contribution in [0.25, 0.3) is 0 Å². The molecule has 0 aromatic rings. The molecule has 16 heavy (non-hydrogen) atoms. The number of urea groups is 1. The van der Waals surface area contributed by atoms with Crippen LogP contribution in [0.4, 0.5) is 4.79 Å². The fourth-order valence-corrected chi connectivity index (χ4v) is 3.13. The quantitative estimate of drug-likeness (QED) is 0.777. The minimum Gasteiger partial charge on any atom is -0.395 e. The maximum absolute atomic E-state index is 12.0. The minimum atomic E-state index is 0.0176. The number of aliphatic hydroxyl groups is 1. The van der Waals surface area contributed by atoms with E-state index in [1.165, 1.54) is 12.2 Å². The number of carbonyl (C=O) groups excluding carboxylic acids is 1. The number of carbonyl (C=O) groups is 1. The van der Waals surface area contributed by atoms with E-state index in [4.69, 9.17) is 5.11 Å². The lowest BCUT2D eigenvalue weighted by Gasteiger charge is -2.27. The molecule has 2 amide bonds. The third-order valence-electron chi connectivity index (χ3n) is 3.08. The Bertz CT molecular complexity index is 240. The molecule has 0 bridgehead atoms. The summed E-state index contributed by atoms with van der Waals surface area (Å²) >= 11 is 1.91. The van der Waals surface area contributed by atoms with Crippen molar-refractivity contribution >= 4 is 17.8 Å². The standard InChI is InChI=1S/C11H20N2O2S/c14-6-5-13(10-3-4-10)11(15)12-9-2-1-7-16-8-9/h9-10,14H,1-8H2,(H,12,15)/t9-/m0/s1. The van der Waals surface area contributed by atoms with Crippen LogP contribution in [0.3, 0.4) is 0 Å². The van der Waals surface area contributed by atoms with Crippen LogP contribution < -0.4 is 5.32 Å². The van der Waals surface area contributed by atoms with Crippen molar-refractivity contribution in [2.75, 3.05) is 24.7 Å². The van der Waals surface area contributed by atoms with E-state index in [2.05, 4.69) is 5.32 Å². The number of hydrogen-bond donors (Lipinski definition) is 2. The number of aliphatic hydroxyl groups excluding tert-OH is 1. The van der Waals surface area contributed by atoms with Gasteiger partial charge in [0.15, 0.2) is 0 Å². The highest BCUT2D eigenvalue weighted by atomic mass is 32.2. The number of thioether (sulfide) groups is 1. The second-order valence-electron chi connectivity index (χ2n) is 4.51. The topological polar surface area (TPSA) is 52.6 Å². The summed E-state index contributed by atoms with van der Waals surface area (Å²) in [6, 6.07) is 0.721. The van der Waals surface area contributed by atoms with E-state index < -0.39 is 0 Å². The molecule has 5 heteroatoms. The minimum absolute atomic E-state index is 0.0176. The highest BCUT2D eigenvalue weighted by molar-refractivity contribution is 7.99. The molecule has 1 aliphatic carbocycles. The monoisotopic (exact) mass is 244 g/mol. The molecular formula is C11H20N2O2S. The van der Waals surface area contributed by atoms with Gasteiger partial charge in [0.25, 0.3) is 0 Å². The van der Waals surface area contributed by atoms with Crippen LogP contribution in [-0.4, -0.2) is 52.8 Å². The molecule has 2 aliphatic rings. The summed E-state index contributed by atoms with van der Waals surface area (Å²) in [6.45, 7) is 0.527. The molecule has 92 valence electrons. The van der Waals surface area contributed by atoms with Gasteiger partial charge in [-0.1, -0.05) is 0 Å². The Labute approximate surface area is 101 Å². The molecule has 2 rings (SSSR count). The van der Waals surface area contributed by atoms with Gasteiger partial charge >= 0.3 is 6.03 Å². The predicted octanol–water partition coefficient (Wildman–Crippen LogP) is 1.05. The van der Waals surface area contributed by atoms with Crippen molar-refractivity contribution in [2.45, 2.75) is 37.8 Å². The van der Waals surface area contributed by atoms with Gasteiger partial charge in [-0.25, -0.2) is 4.79 Å². The molecule has 2 fully saturated rings. The Morgan fingerprint density at radius 1 is 1.44 bits per heavy atom. The van der Waals surface area contributed by atoms with Gasteiger partial charge in [-0.2, -0.15) is 11.8 Å². The summed E-state index contributed by atoms with van der Waals surface area (Å²) in [4.78, 5) is 13.8. The Balaban J connectivity index is 1.79. The SMILES string of the molecule is O=C(N[C@H]1CCCSC1)N(CCO)C1CC1. The van der Waals surface area contributed by atoms with Crippen molar-refractivity contribution in [1.82, 2.24) is 10.2 Å². The molecule has 2 N–H and O–H groups in total. The van der Waals surface area contributed by atoms with Gasteiger partial charge in [0.05, 0.1) is 6.61 Å². The molecule has 1 heterocycles.